The molecular weight excluding hydrogens is 230 g/mol. The number of benzene rings is 3. The van der Waals surface area contributed by atoms with E-state index in [1.54, 1.807) is 0 Å². The van der Waals surface area contributed by atoms with E-state index < -0.39 is 0 Å². The molecule has 0 aliphatic heterocycles. The predicted molar refractivity (Wildman–Crippen MR) is 82.5 cm³/mol. The molecule has 1 heteroatoms. The first kappa shape index (κ1) is 11.8. The number of nitrogens with one attached hydrogen (secondary N) is 1. The van der Waals surface area contributed by atoms with E-state index in [4.69, 9.17) is 0 Å². The van der Waals surface area contributed by atoms with Crippen molar-refractivity contribution in [3.8, 4) is 0 Å². The lowest BCUT2D eigenvalue weighted by Gasteiger charge is -2.10. The fraction of sp³-hybridized carbons (Fsp3) is 0.111. The molecule has 1 nitrogen and oxygen atoms in total. The average molecular weight is 247 g/mol. The van der Waals surface area contributed by atoms with Crippen LogP contribution < -0.4 is 5.32 Å². The van der Waals surface area contributed by atoms with Crippen LogP contribution in [0.15, 0.2) is 66.7 Å². The maximum absolute atomic E-state index is 3.53. The Bertz CT molecular complexity index is 695. The molecule has 3 aromatic rings. The van der Waals surface area contributed by atoms with E-state index in [9.17, 15) is 0 Å². The fourth-order valence-electron chi connectivity index (χ4n) is 2.40. The molecule has 3 aromatic carbocycles. The van der Waals surface area contributed by atoms with E-state index in [0.717, 1.165) is 6.54 Å². The van der Waals surface area contributed by atoms with Gasteiger partial charge in [0.25, 0.3) is 0 Å². The van der Waals surface area contributed by atoms with Gasteiger partial charge in [-0.25, -0.2) is 0 Å². The van der Waals surface area contributed by atoms with Crippen LogP contribution in [0.4, 0.5) is 5.69 Å². The molecule has 0 fully saturated rings. The molecule has 0 amide bonds. The van der Waals surface area contributed by atoms with Gasteiger partial charge in [-0.1, -0.05) is 66.2 Å². The zero-order valence-electron chi connectivity index (χ0n) is 11.1. The van der Waals surface area contributed by atoms with Crippen LogP contribution in [0.5, 0.6) is 0 Å². The van der Waals surface area contributed by atoms with E-state index in [1.165, 1.54) is 27.6 Å². The summed E-state index contributed by atoms with van der Waals surface area (Å²) in [5.41, 5.74) is 3.81. The van der Waals surface area contributed by atoms with Crippen LogP contribution in [0.3, 0.4) is 0 Å². The Hall–Kier alpha value is -2.28. The van der Waals surface area contributed by atoms with Gasteiger partial charge >= 0.3 is 0 Å². The van der Waals surface area contributed by atoms with Crippen molar-refractivity contribution in [2.24, 2.45) is 0 Å². The van der Waals surface area contributed by atoms with E-state index in [-0.39, 0.29) is 0 Å². The minimum Gasteiger partial charge on any atom is -0.380 e. The second-order valence-corrected chi connectivity index (χ2v) is 4.87. The summed E-state index contributed by atoms with van der Waals surface area (Å²) in [4.78, 5) is 0. The Balaban J connectivity index is 1.86. The summed E-state index contributed by atoms with van der Waals surface area (Å²) in [5, 5.41) is 6.08. The summed E-state index contributed by atoms with van der Waals surface area (Å²) >= 11 is 0. The number of fused-ring (bicyclic) bond motifs is 1. The van der Waals surface area contributed by atoms with Crippen molar-refractivity contribution < 1.29 is 0 Å². The summed E-state index contributed by atoms with van der Waals surface area (Å²) in [6.07, 6.45) is 0. The summed E-state index contributed by atoms with van der Waals surface area (Å²) in [6.45, 7) is 2.98. The topological polar surface area (TPSA) is 12.0 Å². The smallest absolute Gasteiger partial charge is 0.0422 e. The lowest BCUT2D eigenvalue weighted by molar-refractivity contribution is 1.15. The molecule has 0 aromatic heterocycles. The lowest BCUT2D eigenvalue weighted by atomic mass is 10.1. The third-order valence-electron chi connectivity index (χ3n) is 3.36. The first-order valence-corrected chi connectivity index (χ1v) is 6.60. The number of hydrogen-bond donors (Lipinski definition) is 1. The molecule has 1 N–H and O–H groups in total. The third kappa shape index (κ3) is 2.60. The molecule has 0 saturated heterocycles. The molecule has 0 heterocycles. The first-order valence-electron chi connectivity index (χ1n) is 6.60. The van der Waals surface area contributed by atoms with Gasteiger partial charge in [0.2, 0.25) is 0 Å². The van der Waals surface area contributed by atoms with Crippen LogP contribution in [0.2, 0.25) is 0 Å². The van der Waals surface area contributed by atoms with Crippen molar-refractivity contribution in [1.29, 1.82) is 0 Å². The molecule has 0 aliphatic rings. The second-order valence-electron chi connectivity index (χ2n) is 4.87. The van der Waals surface area contributed by atoms with Gasteiger partial charge in [0, 0.05) is 17.6 Å². The molecule has 19 heavy (non-hydrogen) atoms. The number of rotatable bonds is 3. The van der Waals surface area contributed by atoms with Gasteiger partial charge in [0.1, 0.15) is 0 Å². The zero-order valence-corrected chi connectivity index (χ0v) is 11.1. The molecule has 0 radical (unpaired) electrons. The molecule has 3 rings (SSSR count). The molecular formula is C18H17N. The van der Waals surface area contributed by atoms with Crippen LogP contribution >= 0.6 is 0 Å². The Morgan fingerprint density at radius 1 is 0.842 bits per heavy atom. The van der Waals surface area contributed by atoms with Gasteiger partial charge in [-0.15, -0.1) is 0 Å². The minimum absolute atomic E-state index is 0.857. The van der Waals surface area contributed by atoms with Crippen molar-refractivity contribution in [1.82, 2.24) is 0 Å². The molecule has 0 aliphatic carbocycles. The van der Waals surface area contributed by atoms with E-state index in [0.29, 0.717) is 0 Å². The fourth-order valence-corrected chi connectivity index (χ4v) is 2.40. The first-order chi connectivity index (χ1) is 9.33. The molecule has 0 bridgehead atoms. The molecule has 0 unspecified atom stereocenters. The normalized spacial score (nSPS) is 10.6. The minimum atomic E-state index is 0.857. The zero-order chi connectivity index (χ0) is 13.1. The van der Waals surface area contributed by atoms with Gasteiger partial charge in [0.05, 0.1) is 0 Å². The quantitative estimate of drug-likeness (QED) is 0.703. The van der Waals surface area contributed by atoms with Crippen molar-refractivity contribution in [3.05, 3.63) is 77.9 Å². The summed E-state index contributed by atoms with van der Waals surface area (Å²) in [5.74, 6) is 0. The molecule has 0 spiro atoms. The Morgan fingerprint density at radius 2 is 1.63 bits per heavy atom. The van der Waals surface area contributed by atoms with E-state index >= 15 is 0 Å². The Morgan fingerprint density at radius 3 is 2.53 bits per heavy atom. The van der Waals surface area contributed by atoms with Crippen LogP contribution in [0.1, 0.15) is 11.1 Å². The number of anilines is 1. The molecule has 0 saturated carbocycles. The summed E-state index contributed by atoms with van der Waals surface area (Å²) < 4.78 is 0. The highest BCUT2D eigenvalue weighted by Crippen LogP contribution is 2.23. The van der Waals surface area contributed by atoms with Crippen LogP contribution in [-0.4, -0.2) is 0 Å². The Labute approximate surface area is 113 Å². The summed E-state index contributed by atoms with van der Waals surface area (Å²) in [6, 6.07) is 23.5. The SMILES string of the molecule is Cc1cccc(CNc2cccc3ccccc23)c1. The van der Waals surface area contributed by atoms with Crippen molar-refractivity contribution >= 4 is 16.5 Å². The highest BCUT2D eigenvalue weighted by molar-refractivity contribution is 5.93. The average Bonchev–Trinajstić information content (AvgIpc) is 2.45. The number of aryl methyl sites for hydroxylation is 1. The Kier molecular flexibility index (Phi) is 3.20. The van der Waals surface area contributed by atoms with Crippen LogP contribution in [0, 0.1) is 6.92 Å². The standard InChI is InChI=1S/C18H17N/c1-14-6-4-7-15(12-14)13-19-18-11-5-9-16-8-2-3-10-17(16)18/h2-12,19H,13H2,1H3. The van der Waals surface area contributed by atoms with Gasteiger partial charge in [-0.3, -0.25) is 0 Å². The predicted octanol–water partition coefficient (Wildman–Crippen LogP) is 4.76. The third-order valence-corrected chi connectivity index (χ3v) is 3.36. The van der Waals surface area contributed by atoms with Crippen molar-refractivity contribution in [2.45, 2.75) is 13.5 Å². The highest BCUT2D eigenvalue weighted by atomic mass is 14.9. The van der Waals surface area contributed by atoms with Gasteiger partial charge in [-0.05, 0) is 23.9 Å². The van der Waals surface area contributed by atoms with Gasteiger partial charge < -0.3 is 5.32 Å². The van der Waals surface area contributed by atoms with Crippen molar-refractivity contribution in [3.63, 3.8) is 0 Å². The van der Waals surface area contributed by atoms with E-state index in [1.807, 2.05) is 0 Å². The maximum Gasteiger partial charge on any atom is 0.0422 e. The van der Waals surface area contributed by atoms with Crippen molar-refractivity contribution in [2.75, 3.05) is 5.32 Å². The highest BCUT2D eigenvalue weighted by Gasteiger charge is 1.99. The molecule has 94 valence electrons. The van der Waals surface area contributed by atoms with Gasteiger partial charge in [-0.2, -0.15) is 0 Å². The monoisotopic (exact) mass is 247 g/mol. The summed E-state index contributed by atoms with van der Waals surface area (Å²) in [7, 11) is 0. The second kappa shape index (κ2) is 5.15. The number of hydrogen-bond acceptors (Lipinski definition) is 1. The maximum atomic E-state index is 3.53. The molecule has 0 atom stereocenters. The van der Waals surface area contributed by atoms with E-state index in [2.05, 4.69) is 79.0 Å². The van der Waals surface area contributed by atoms with Gasteiger partial charge in [0.15, 0.2) is 0 Å². The lowest BCUT2D eigenvalue weighted by Crippen LogP contribution is -2.00. The van der Waals surface area contributed by atoms with Crippen LogP contribution in [-0.2, 0) is 6.54 Å². The largest absolute Gasteiger partial charge is 0.380 e. The van der Waals surface area contributed by atoms with Crippen LogP contribution in [0.25, 0.3) is 10.8 Å².